The van der Waals surface area contributed by atoms with Gasteiger partial charge in [0.25, 0.3) is 0 Å². The number of hydrogen-bond acceptors (Lipinski definition) is 3. The van der Waals surface area contributed by atoms with Crippen LogP contribution in [0.3, 0.4) is 0 Å². The molecular weight excluding hydrogens is 292 g/mol. The van der Waals surface area contributed by atoms with Crippen molar-refractivity contribution in [1.82, 2.24) is 9.80 Å². The van der Waals surface area contributed by atoms with Crippen molar-refractivity contribution in [3.63, 3.8) is 0 Å². The van der Waals surface area contributed by atoms with Crippen LogP contribution in [0.25, 0.3) is 0 Å². The smallest absolute Gasteiger partial charge is 0.0472 e. The summed E-state index contributed by atoms with van der Waals surface area (Å²) in [5.41, 5.74) is 0.444. The van der Waals surface area contributed by atoms with E-state index >= 15 is 0 Å². The first-order chi connectivity index (χ1) is 8.56. The number of alkyl halides is 1. The van der Waals surface area contributed by atoms with Crippen molar-refractivity contribution in [2.75, 3.05) is 52.3 Å². The van der Waals surface area contributed by atoms with Gasteiger partial charge in [-0.25, -0.2) is 0 Å². The molecule has 0 amide bonds. The van der Waals surface area contributed by atoms with Crippen molar-refractivity contribution >= 4 is 15.9 Å². The Morgan fingerprint density at radius 2 is 1.94 bits per heavy atom. The molecule has 0 N–H and O–H groups in total. The zero-order valence-electron chi connectivity index (χ0n) is 12.0. The summed E-state index contributed by atoms with van der Waals surface area (Å²) in [6.07, 6.45) is 2.41. The lowest BCUT2D eigenvalue weighted by atomic mass is 9.82. The Morgan fingerprint density at radius 1 is 1.28 bits per heavy atom. The second-order valence-corrected chi connectivity index (χ2v) is 7.01. The first kappa shape index (κ1) is 14.8. The average Bonchev–Trinajstić information content (AvgIpc) is 2.71. The van der Waals surface area contributed by atoms with Gasteiger partial charge in [0, 0.05) is 44.2 Å². The maximum atomic E-state index is 5.52. The highest BCUT2D eigenvalue weighted by Crippen LogP contribution is 2.35. The molecule has 2 rings (SSSR count). The van der Waals surface area contributed by atoms with Crippen molar-refractivity contribution in [2.24, 2.45) is 11.3 Å². The molecule has 0 saturated carbocycles. The van der Waals surface area contributed by atoms with E-state index in [-0.39, 0.29) is 0 Å². The Hall–Kier alpha value is 0.360. The van der Waals surface area contributed by atoms with Crippen LogP contribution < -0.4 is 0 Å². The van der Waals surface area contributed by atoms with Crippen LogP contribution in [0.4, 0.5) is 0 Å². The molecule has 106 valence electrons. The third-order valence-corrected chi connectivity index (χ3v) is 5.90. The summed E-state index contributed by atoms with van der Waals surface area (Å²) in [7, 11) is 4.42. The lowest BCUT2D eigenvalue weighted by Gasteiger charge is -2.39. The number of hydrogen-bond donors (Lipinski definition) is 0. The van der Waals surface area contributed by atoms with Gasteiger partial charge < -0.3 is 14.5 Å². The van der Waals surface area contributed by atoms with E-state index in [1.807, 2.05) is 0 Å². The Morgan fingerprint density at radius 3 is 2.44 bits per heavy atom. The van der Waals surface area contributed by atoms with E-state index in [2.05, 4.69) is 46.7 Å². The minimum Gasteiger partial charge on any atom is -0.381 e. The van der Waals surface area contributed by atoms with E-state index in [0.717, 1.165) is 30.5 Å². The molecule has 2 unspecified atom stereocenters. The van der Waals surface area contributed by atoms with Crippen LogP contribution in [0.2, 0.25) is 0 Å². The molecule has 2 heterocycles. The van der Waals surface area contributed by atoms with Crippen molar-refractivity contribution in [2.45, 2.75) is 25.8 Å². The standard InChI is InChI=1S/C14H27BrN2O/c1-12-8-17(9-13(12)16(2)3)11-14(10-15)4-6-18-7-5-14/h12-13H,4-11H2,1-3H3. The van der Waals surface area contributed by atoms with Gasteiger partial charge in [0.05, 0.1) is 0 Å². The van der Waals surface area contributed by atoms with Gasteiger partial charge in [-0.1, -0.05) is 22.9 Å². The summed E-state index contributed by atoms with van der Waals surface area (Å²) in [5, 5.41) is 1.11. The van der Waals surface area contributed by atoms with Crippen LogP contribution in [0.1, 0.15) is 19.8 Å². The van der Waals surface area contributed by atoms with Gasteiger partial charge in [0.15, 0.2) is 0 Å². The number of rotatable bonds is 4. The van der Waals surface area contributed by atoms with Gasteiger partial charge in [-0.05, 0) is 38.3 Å². The van der Waals surface area contributed by atoms with Gasteiger partial charge in [-0.15, -0.1) is 0 Å². The fraction of sp³-hybridized carbons (Fsp3) is 1.00. The van der Waals surface area contributed by atoms with Gasteiger partial charge in [-0.3, -0.25) is 0 Å². The summed E-state index contributed by atoms with van der Waals surface area (Å²) in [6, 6.07) is 0.720. The Balaban J connectivity index is 1.93. The first-order valence-corrected chi connectivity index (χ1v) is 8.21. The number of nitrogens with zero attached hydrogens (tertiary/aromatic N) is 2. The van der Waals surface area contributed by atoms with Crippen LogP contribution >= 0.6 is 15.9 Å². The maximum Gasteiger partial charge on any atom is 0.0472 e. The Bertz CT molecular complexity index is 267. The fourth-order valence-electron chi connectivity index (χ4n) is 3.46. The predicted octanol–water partition coefficient (Wildman–Crippen LogP) is 2.06. The number of likely N-dealkylation sites (N-methyl/N-ethyl adjacent to an activating group) is 1. The number of likely N-dealkylation sites (tertiary alicyclic amines) is 1. The van der Waals surface area contributed by atoms with Crippen LogP contribution in [-0.2, 0) is 4.74 Å². The lowest BCUT2D eigenvalue weighted by molar-refractivity contribution is 0.0107. The van der Waals surface area contributed by atoms with Gasteiger partial charge >= 0.3 is 0 Å². The van der Waals surface area contributed by atoms with E-state index in [9.17, 15) is 0 Å². The molecule has 0 aliphatic carbocycles. The second kappa shape index (κ2) is 6.21. The fourth-order valence-corrected chi connectivity index (χ4v) is 4.20. The lowest BCUT2D eigenvalue weighted by Crippen LogP contribution is -2.43. The van der Waals surface area contributed by atoms with Crippen LogP contribution in [0.15, 0.2) is 0 Å². The summed E-state index contributed by atoms with van der Waals surface area (Å²) in [5.74, 6) is 0.784. The van der Waals surface area contributed by atoms with Crippen molar-refractivity contribution in [3.05, 3.63) is 0 Å². The Kier molecular flexibility index (Phi) is 5.09. The third kappa shape index (κ3) is 3.27. The van der Waals surface area contributed by atoms with E-state index in [4.69, 9.17) is 4.74 Å². The van der Waals surface area contributed by atoms with E-state index in [1.165, 1.54) is 32.5 Å². The molecule has 18 heavy (non-hydrogen) atoms. The van der Waals surface area contributed by atoms with Crippen LogP contribution in [0.5, 0.6) is 0 Å². The highest BCUT2D eigenvalue weighted by atomic mass is 79.9. The normalized spacial score (nSPS) is 33.2. The maximum absolute atomic E-state index is 5.52. The predicted molar refractivity (Wildman–Crippen MR) is 79.4 cm³/mol. The molecule has 2 fully saturated rings. The molecule has 0 aromatic rings. The highest BCUT2D eigenvalue weighted by molar-refractivity contribution is 9.09. The van der Waals surface area contributed by atoms with E-state index in [0.29, 0.717) is 5.41 Å². The highest BCUT2D eigenvalue weighted by Gasteiger charge is 2.38. The van der Waals surface area contributed by atoms with Crippen molar-refractivity contribution < 1.29 is 4.74 Å². The summed E-state index contributed by atoms with van der Waals surface area (Å²) >= 11 is 3.74. The molecule has 0 spiro atoms. The Labute approximate surface area is 120 Å². The molecule has 2 aliphatic rings. The molecule has 2 aliphatic heterocycles. The quantitative estimate of drug-likeness (QED) is 0.738. The topological polar surface area (TPSA) is 15.7 Å². The molecule has 0 aromatic heterocycles. The van der Waals surface area contributed by atoms with E-state index < -0.39 is 0 Å². The molecule has 3 nitrogen and oxygen atoms in total. The summed E-state index contributed by atoms with van der Waals surface area (Å²) in [4.78, 5) is 5.05. The van der Waals surface area contributed by atoms with Gasteiger partial charge in [0.2, 0.25) is 0 Å². The molecular formula is C14H27BrN2O. The van der Waals surface area contributed by atoms with Crippen LogP contribution in [0, 0.1) is 11.3 Å². The average molecular weight is 319 g/mol. The van der Waals surface area contributed by atoms with Gasteiger partial charge in [0.1, 0.15) is 0 Å². The largest absolute Gasteiger partial charge is 0.381 e. The zero-order valence-corrected chi connectivity index (χ0v) is 13.6. The zero-order chi connectivity index (χ0) is 13.2. The van der Waals surface area contributed by atoms with Crippen LogP contribution in [-0.4, -0.2) is 68.1 Å². The van der Waals surface area contributed by atoms with E-state index in [1.54, 1.807) is 0 Å². The molecule has 0 radical (unpaired) electrons. The number of ether oxygens (including phenoxy) is 1. The molecule has 4 heteroatoms. The molecule has 0 aromatic carbocycles. The SMILES string of the molecule is CC1CN(CC2(CBr)CCOCC2)CC1N(C)C. The second-order valence-electron chi connectivity index (χ2n) is 6.45. The number of halogens is 1. The first-order valence-electron chi connectivity index (χ1n) is 7.09. The summed E-state index contributed by atoms with van der Waals surface area (Å²) < 4.78 is 5.52. The minimum atomic E-state index is 0.444. The van der Waals surface area contributed by atoms with Crippen molar-refractivity contribution in [1.29, 1.82) is 0 Å². The third-order valence-electron chi connectivity index (χ3n) is 4.71. The van der Waals surface area contributed by atoms with Crippen molar-refractivity contribution in [3.8, 4) is 0 Å². The molecule has 2 saturated heterocycles. The monoisotopic (exact) mass is 318 g/mol. The van der Waals surface area contributed by atoms with Gasteiger partial charge in [-0.2, -0.15) is 0 Å². The summed E-state index contributed by atoms with van der Waals surface area (Å²) in [6.45, 7) is 7.96. The minimum absolute atomic E-state index is 0.444. The molecule has 2 atom stereocenters. The molecule has 0 bridgehead atoms.